The van der Waals surface area contributed by atoms with Crippen LogP contribution in [0.4, 0.5) is 29.6 Å². The first-order chi connectivity index (χ1) is 18.9. The van der Waals surface area contributed by atoms with Gasteiger partial charge in [0.2, 0.25) is 5.91 Å². The summed E-state index contributed by atoms with van der Waals surface area (Å²) < 4.78 is 33.5. The summed E-state index contributed by atoms with van der Waals surface area (Å²) in [6, 6.07) is 2.34. The Morgan fingerprint density at radius 1 is 1.07 bits per heavy atom. The molecule has 0 bridgehead atoms. The molecular formula is C24H29F3N8O5. The van der Waals surface area contributed by atoms with Crippen LogP contribution in [-0.4, -0.2) is 67.8 Å². The number of fused-ring (bicyclic) bond motifs is 1. The van der Waals surface area contributed by atoms with Crippen LogP contribution in [0, 0.1) is 0 Å². The minimum Gasteiger partial charge on any atom is -0.475 e. The van der Waals surface area contributed by atoms with Gasteiger partial charge in [0.15, 0.2) is 5.65 Å². The van der Waals surface area contributed by atoms with E-state index in [4.69, 9.17) is 14.9 Å². The minimum atomic E-state index is -5.08. The van der Waals surface area contributed by atoms with Gasteiger partial charge in [-0.2, -0.15) is 22.8 Å². The molecule has 0 aromatic carbocycles. The fourth-order valence-corrected chi connectivity index (χ4v) is 4.25. The lowest BCUT2D eigenvalue weighted by Crippen LogP contribution is -2.39. The molecule has 6 N–H and O–H groups in total. The predicted octanol–water partition coefficient (Wildman–Crippen LogP) is 2.37. The standard InChI is InChI=1S/C22H28N8O3.C2HF3O2/c1-2-19(31)26-15-7-3-13(4-8-15)24-17-10-18(25-14-5-6-14)30-20(28-17)12(11-23-30)9-16-21(32)29-22(33)27-16;3-2(4,5)1(6)7/h9-11,13-15,25H,2-8H2,1H3,(H,24,28)(H,26,31)(H2,27,29,32,33);(H,6,7)/b16-9-;. The number of halogens is 3. The summed E-state index contributed by atoms with van der Waals surface area (Å²) in [6.45, 7) is 1.87. The van der Waals surface area contributed by atoms with Gasteiger partial charge in [0.1, 0.15) is 17.3 Å². The van der Waals surface area contributed by atoms with Crippen molar-refractivity contribution in [2.24, 2.45) is 0 Å². The maximum absolute atomic E-state index is 11.9. The number of aliphatic carboxylic acids is 1. The van der Waals surface area contributed by atoms with Crippen molar-refractivity contribution in [3.05, 3.63) is 23.5 Å². The van der Waals surface area contributed by atoms with Crippen molar-refractivity contribution in [3.8, 4) is 0 Å². The normalized spacial score (nSPS) is 21.8. The van der Waals surface area contributed by atoms with Crippen molar-refractivity contribution in [2.75, 3.05) is 10.6 Å². The van der Waals surface area contributed by atoms with E-state index in [-0.39, 0.29) is 23.7 Å². The third-order valence-corrected chi connectivity index (χ3v) is 6.46. The second-order valence-electron chi connectivity index (χ2n) is 9.66. The Morgan fingerprint density at radius 3 is 2.23 bits per heavy atom. The predicted molar refractivity (Wildman–Crippen MR) is 136 cm³/mol. The molecule has 3 aliphatic rings. The number of hydrogen-bond acceptors (Lipinski definition) is 8. The Labute approximate surface area is 226 Å². The SMILES string of the molecule is CCC(=O)NC1CCC(Nc2cc(NC3CC3)n3ncc(/C=C4\NC(=O)NC4=O)c3n2)CC1.O=C(O)C(F)(F)F. The molecular weight excluding hydrogens is 537 g/mol. The summed E-state index contributed by atoms with van der Waals surface area (Å²) in [5.41, 5.74) is 1.39. The molecule has 16 heteroatoms. The van der Waals surface area contributed by atoms with Crippen LogP contribution < -0.4 is 26.6 Å². The molecule has 13 nitrogen and oxygen atoms in total. The van der Waals surface area contributed by atoms with E-state index in [1.807, 2.05) is 13.0 Å². The van der Waals surface area contributed by atoms with Crippen LogP contribution in [0.2, 0.25) is 0 Å². The molecule has 3 fully saturated rings. The third kappa shape index (κ3) is 7.39. The Bertz CT molecular complexity index is 1330. The molecule has 0 atom stereocenters. The maximum Gasteiger partial charge on any atom is 0.490 e. The van der Waals surface area contributed by atoms with Crippen molar-refractivity contribution in [1.29, 1.82) is 0 Å². The fraction of sp³-hybridized carbons (Fsp3) is 0.500. The van der Waals surface area contributed by atoms with Crippen LogP contribution in [0.3, 0.4) is 0 Å². The molecule has 2 aliphatic carbocycles. The number of rotatable bonds is 7. The molecule has 1 saturated heterocycles. The van der Waals surface area contributed by atoms with Crippen LogP contribution in [0.5, 0.6) is 0 Å². The van der Waals surface area contributed by atoms with Gasteiger partial charge in [0.25, 0.3) is 5.91 Å². The van der Waals surface area contributed by atoms with Crippen LogP contribution in [0.15, 0.2) is 18.0 Å². The maximum atomic E-state index is 11.9. The largest absolute Gasteiger partial charge is 0.490 e. The molecule has 2 aromatic heterocycles. The molecule has 5 rings (SSSR count). The number of anilines is 2. The van der Waals surface area contributed by atoms with E-state index in [2.05, 4.69) is 31.7 Å². The van der Waals surface area contributed by atoms with E-state index >= 15 is 0 Å². The average molecular weight is 567 g/mol. The first kappa shape index (κ1) is 28.6. The monoisotopic (exact) mass is 566 g/mol. The number of nitrogens with zero attached hydrogens (tertiary/aromatic N) is 3. The van der Waals surface area contributed by atoms with Gasteiger partial charge >= 0.3 is 18.2 Å². The first-order valence-electron chi connectivity index (χ1n) is 12.8. The highest BCUT2D eigenvalue weighted by molar-refractivity contribution is 6.14. The van der Waals surface area contributed by atoms with Gasteiger partial charge in [-0.3, -0.25) is 14.9 Å². The van der Waals surface area contributed by atoms with Gasteiger partial charge in [0.05, 0.1) is 6.20 Å². The van der Waals surface area contributed by atoms with Gasteiger partial charge in [-0.25, -0.2) is 14.6 Å². The number of aromatic nitrogens is 3. The minimum absolute atomic E-state index is 0.101. The number of carboxylic acids is 1. The Kier molecular flexibility index (Phi) is 8.44. The zero-order chi connectivity index (χ0) is 29.0. The van der Waals surface area contributed by atoms with Crippen LogP contribution >= 0.6 is 0 Å². The quantitative estimate of drug-likeness (QED) is 0.217. The second-order valence-corrected chi connectivity index (χ2v) is 9.66. The van der Waals surface area contributed by atoms with Gasteiger partial charge in [-0.15, -0.1) is 0 Å². The van der Waals surface area contributed by atoms with Crippen LogP contribution in [-0.2, 0) is 14.4 Å². The topological polar surface area (TPSA) is 179 Å². The van der Waals surface area contributed by atoms with Crippen LogP contribution in [0.1, 0.15) is 57.4 Å². The lowest BCUT2D eigenvalue weighted by atomic mass is 9.91. The van der Waals surface area contributed by atoms with Crippen molar-refractivity contribution < 1.29 is 37.5 Å². The molecule has 0 unspecified atom stereocenters. The number of nitrogens with one attached hydrogen (secondary N) is 5. The fourth-order valence-electron chi connectivity index (χ4n) is 4.25. The highest BCUT2D eigenvalue weighted by Crippen LogP contribution is 2.29. The molecule has 2 aromatic rings. The average Bonchev–Trinajstić information content (AvgIpc) is 3.53. The van der Waals surface area contributed by atoms with E-state index in [1.165, 1.54) is 0 Å². The van der Waals surface area contributed by atoms with Gasteiger partial charge in [0, 0.05) is 36.2 Å². The molecule has 216 valence electrons. The number of amides is 4. The highest BCUT2D eigenvalue weighted by atomic mass is 19.4. The van der Waals surface area contributed by atoms with Gasteiger partial charge in [-0.05, 0) is 44.6 Å². The Morgan fingerprint density at radius 2 is 1.68 bits per heavy atom. The Hall–Kier alpha value is -4.37. The smallest absolute Gasteiger partial charge is 0.475 e. The molecule has 0 radical (unpaired) electrons. The lowest BCUT2D eigenvalue weighted by Gasteiger charge is -2.30. The Balaban J connectivity index is 0.000000470. The van der Waals surface area contributed by atoms with E-state index in [9.17, 15) is 27.6 Å². The second kappa shape index (κ2) is 11.8. The molecule has 4 amide bonds. The molecule has 0 spiro atoms. The zero-order valence-electron chi connectivity index (χ0n) is 21.5. The van der Waals surface area contributed by atoms with E-state index in [0.717, 1.165) is 50.2 Å². The van der Waals surface area contributed by atoms with Crippen LogP contribution in [0.25, 0.3) is 11.7 Å². The lowest BCUT2D eigenvalue weighted by molar-refractivity contribution is -0.192. The van der Waals surface area contributed by atoms with Gasteiger partial charge < -0.3 is 26.4 Å². The first-order valence-corrected chi connectivity index (χ1v) is 12.8. The number of imide groups is 1. The van der Waals surface area contributed by atoms with E-state index < -0.39 is 24.1 Å². The summed E-state index contributed by atoms with van der Waals surface area (Å²) >= 11 is 0. The van der Waals surface area contributed by atoms with Gasteiger partial charge in [-0.1, -0.05) is 6.92 Å². The summed E-state index contributed by atoms with van der Waals surface area (Å²) in [4.78, 5) is 48.7. The number of hydrogen-bond donors (Lipinski definition) is 6. The molecule has 2 saturated carbocycles. The van der Waals surface area contributed by atoms with Crippen molar-refractivity contribution in [3.63, 3.8) is 0 Å². The number of carbonyl (C=O) groups excluding carboxylic acids is 3. The molecule has 3 heterocycles. The number of alkyl halides is 3. The number of carboxylic acid groups (broad SMARTS) is 1. The number of carbonyl (C=O) groups is 4. The third-order valence-electron chi connectivity index (χ3n) is 6.46. The summed E-state index contributed by atoms with van der Waals surface area (Å²) in [7, 11) is 0. The summed E-state index contributed by atoms with van der Waals surface area (Å²) in [5, 5.41) is 26.4. The van der Waals surface area contributed by atoms with Crippen molar-refractivity contribution >= 4 is 47.2 Å². The van der Waals surface area contributed by atoms with E-state index in [1.54, 1.807) is 16.8 Å². The molecule has 1 aliphatic heterocycles. The molecule has 40 heavy (non-hydrogen) atoms. The van der Waals surface area contributed by atoms with Crippen molar-refractivity contribution in [1.82, 2.24) is 30.5 Å². The van der Waals surface area contributed by atoms with E-state index in [0.29, 0.717) is 23.7 Å². The summed E-state index contributed by atoms with van der Waals surface area (Å²) in [6.07, 6.45) is 4.61. The zero-order valence-corrected chi connectivity index (χ0v) is 21.5. The number of urea groups is 1. The summed E-state index contributed by atoms with van der Waals surface area (Å²) in [5.74, 6) is -1.57. The van der Waals surface area contributed by atoms with Crippen molar-refractivity contribution in [2.45, 2.75) is 76.2 Å². The highest BCUT2D eigenvalue weighted by Gasteiger charge is 2.38.